The van der Waals surface area contributed by atoms with E-state index < -0.39 is 0 Å². The zero-order valence-corrected chi connectivity index (χ0v) is 10.9. The van der Waals surface area contributed by atoms with E-state index in [-0.39, 0.29) is 11.1 Å². The van der Waals surface area contributed by atoms with Crippen molar-refractivity contribution in [3.63, 3.8) is 0 Å². The zero-order chi connectivity index (χ0) is 12.5. The minimum atomic E-state index is -0.311. The van der Waals surface area contributed by atoms with Gasteiger partial charge in [0.2, 0.25) is 0 Å². The SMILES string of the molecule is CC(C)(C#N)CCSc1n[nH]c(=O)n1C1CC1. The number of hydrogen-bond acceptors (Lipinski definition) is 4. The lowest BCUT2D eigenvalue weighted by molar-refractivity contribution is 0.481. The van der Waals surface area contributed by atoms with Crippen molar-refractivity contribution < 1.29 is 0 Å². The fourth-order valence-electron chi connectivity index (χ4n) is 1.50. The van der Waals surface area contributed by atoms with E-state index in [0.29, 0.717) is 6.04 Å². The van der Waals surface area contributed by atoms with E-state index >= 15 is 0 Å². The van der Waals surface area contributed by atoms with Crippen LogP contribution in [0.1, 0.15) is 39.2 Å². The van der Waals surface area contributed by atoms with E-state index in [0.717, 1.165) is 30.2 Å². The first kappa shape index (κ1) is 12.2. The van der Waals surface area contributed by atoms with Crippen LogP contribution in [0.25, 0.3) is 0 Å². The summed E-state index contributed by atoms with van der Waals surface area (Å²) in [5, 5.41) is 16.2. The Hall–Kier alpha value is -1.22. The standard InChI is InChI=1S/C11H16N4OS/c1-11(2,7-12)5-6-17-10-14-13-9(16)15(10)8-3-4-8/h8H,3-6H2,1-2H3,(H,13,16). The van der Waals surface area contributed by atoms with Gasteiger partial charge in [-0.25, -0.2) is 9.89 Å². The highest BCUT2D eigenvalue weighted by Gasteiger charge is 2.28. The van der Waals surface area contributed by atoms with E-state index in [1.807, 2.05) is 13.8 Å². The lowest BCUT2D eigenvalue weighted by Crippen LogP contribution is -2.16. The van der Waals surface area contributed by atoms with Gasteiger partial charge < -0.3 is 0 Å². The lowest BCUT2D eigenvalue weighted by atomic mass is 9.93. The van der Waals surface area contributed by atoms with Gasteiger partial charge in [0.15, 0.2) is 5.16 Å². The molecule has 0 radical (unpaired) electrons. The second-order valence-electron chi connectivity index (χ2n) is 5.01. The van der Waals surface area contributed by atoms with Crippen molar-refractivity contribution >= 4 is 11.8 Å². The number of thioether (sulfide) groups is 1. The van der Waals surface area contributed by atoms with Crippen molar-refractivity contribution in [2.45, 2.75) is 44.3 Å². The average Bonchev–Trinajstić information content (AvgIpc) is 3.04. The Labute approximate surface area is 104 Å². The molecule has 17 heavy (non-hydrogen) atoms. The van der Waals surface area contributed by atoms with Crippen LogP contribution in [0, 0.1) is 16.7 Å². The summed E-state index contributed by atoms with van der Waals surface area (Å²) in [5.74, 6) is 0.803. The first-order valence-electron chi connectivity index (χ1n) is 5.74. The lowest BCUT2D eigenvalue weighted by Gasteiger charge is -2.13. The molecule has 0 atom stereocenters. The third-order valence-electron chi connectivity index (χ3n) is 2.84. The molecule has 1 aliphatic carbocycles. The van der Waals surface area contributed by atoms with Gasteiger partial charge in [0.05, 0.1) is 11.5 Å². The van der Waals surface area contributed by atoms with E-state index in [9.17, 15) is 4.79 Å². The Morgan fingerprint density at radius 3 is 2.94 bits per heavy atom. The predicted molar refractivity (Wildman–Crippen MR) is 65.9 cm³/mol. The van der Waals surface area contributed by atoms with Crippen molar-refractivity contribution in [2.75, 3.05) is 5.75 Å². The summed E-state index contributed by atoms with van der Waals surface area (Å²) in [5.41, 5.74) is -0.428. The summed E-state index contributed by atoms with van der Waals surface area (Å²) in [6, 6.07) is 2.61. The molecule has 1 aromatic heterocycles. The second-order valence-corrected chi connectivity index (χ2v) is 6.07. The molecule has 5 nitrogen and oxygen atoms in total. The normalized spacial score (nSPS) is 15.8. The number of aromatic nitrogens is 3. The molecule has 0 aromatic carbocycles. The number of nitriles is 1. The Morgan fingerprint density at radius 2 is 2.35 bits per heavy atom. The van der Waals surface area contributed by atoms with Gasteiger partial charge in [0.1, 0.15) is 0 Å². The van der Waals surface area contributed by atoms with E-state index in [1.54, 1.807) is 16.3 Å². The van der Waals surface area contributed by atoms with Crippen LogP contribution in [0.15, 0.2) is 9.95 Å². The van der Waals surface area contributed by atoms with Crippen molar-refractivity contribution in [1.82, 2.24) is 14.8 Å². The second kappa shape index (κ2) is 4.57. The minimum Gasteiger partial charge on any atom is -0.267 e. The first-order chi connectivity index (χ1) is 8.03. The van der Waals surface area contributed by atoms with Crippen LogP contribution in [0.3, 0.4) is 0 Å². The fourth-order valence-corrected chi connectivity index (χ4v) is 2.78. The Bertz CT molecular complexity index is 492. The largest absolute Gasteiger partial charge is 0.344 e. The zero-order valence-electron chi connectivity index (χ0n) is 10.1. The number of nitrogens with one attached hydrogen (secondary N) is 1. The van der Waals surface area contributed by atoms with Crippen molar-refractivity contribution in [3.05, 3.63) is 10.5 Å². The van der Waals surface area contributed by atoms with Crippen LogP contribution >= 0.6 is 11.8 Å². The maximum Gasteiger partial charge on any atom is 0.344 e. The van der Waals surface area contributed by atoms with Crippen molar-refractivity contribution in [3.8, 4) is 6.07 Å². The van der Waals surface area contributed by atoms with Gasteiger partial charge in [0, 0.05) is 11.8 Å². The summed E-state index contributed by atoms with van der Waals surface area (Å²) in [6.45, 7) is 3.85. The molecule has 0 bridgehead atoms. The minimum absolute atomic E-state index is 0.116. The van der Waals surface area contributed by atoms with Crippen LogP contribution in [0.5, 0.6) is 0 Å². The monoisotopic (exact) mass is 252 g/mol. The molecule has 1 aliphatic rings. The molecule has 2 rings (SSSR count). The summed E-state index contributed by atoms with van der Waals surface area (Å²) < 4.78 is 1.74. The van der Waals surface area contributed by atoms with Crippen molar-refractivity contribution in [1.29, 1.82) is 5.26 Å². The maximum atomic E-state index is 11.5. The van der Waals surface area contributed by atoms with Gasteiger partial charge in [-0.05, 0) is 33.1 Å². The number of rotatable bonds is 5. The van der Waals surface area contributed by atoms with Crippen LogP contribution in [-0.4, -0.2) is 20.5 Å². The molecular formula is C11H16N4OS. The molecule has 1 fully saturated rings. The molecule has 0 unspecified atom stereocenters. The van der Waals surface area contributed by atoms with Gasteiger partial charge in [-0.3, -0.25) is 4.57 Å². The third-order valence-corrected chi connectivity index (χ3v) is 3.80. The molecule has 0 aliphatic heterocycles. The molecule has 0 amide bonds. The van der Waals surface area contributed by atoms with Crippen LogP contribution < -0.4 is 5.69 Å². The smallest absolute Gasteiger partial charge is 0.267 e. The predicted octanol–water partition coefficient (Wildman–Crippen LogP) is 1.94. The van der Waals surface area contributed by atoms with Crippen LogP contribution in [-0.2, 0) is 0 Å². The first-order valence-corrected chi connectivity index (χ1v) is 6.73. The van der Waals surface area contributed by atoms with Gasteiger partial charge in [0.25, 0.3) is 0 Å². The number of H-pyrrole nitrogens is 1. The molecule has 6 heteroatoms. The summed E-state index contributed by atoms with van der Waals surface area (Å²) in [7, 11) is 0. The molecule has 1 aromatic rings. The number of aromatic amines is 1. The molecule has 0 spiro atoms. The van der Waals surface area contributed by atoms with E-state index in [4.69, 9.17) is 5.26 Å². The third kappa shape index (κ3) is 2.91. The van der Waals surface area contributed by atoms with Crippen molar-refractivity contribution in [2.24, 2.45) is 5.41 Å². The van der Waals surface area contributed by atoms with Gasteiger partial charge >= 0.3 is 5.69 Å². The Kier molecular flexibility index (Phi) is 3.29. The molecule has 1 heterocycles. The maximum absolute atomic E-state index is 11.5. The summed E-state index contributed by atoms with van der Waals surface area (Å²) in [6.07, 6.45) is 2.92. The molecular weight excluding hydrogens is 236 g/mol. The van der Waals surface area contributed by atoms with Gasteiger partial charge in [-0.2, -0.15) is 5.26 Å². The van der Waals surface area contributed by atoms with E-state index in [1.165, 1.54) is 0 Å². The molecule has 1 N–H and O–H groups in total. The summed E-state index contributed by atoms with van der Waals surface area (Å²) in [4.78, 5) is 11.5. The Balaban J connectivity index is 1.96. The Morgan fingerprint density at radius 1 is 1.65 bits per heavy atom. The molecule has 1 saturated carbocycles. The van der Waals surface area contributed by atoms with E-state index in [2.05, 4.69) is 16.3 Å². The van der Waals surface area contributed by atoms with Gasteiger partial charge in [-0.15, -0.1) is 5.10 Å². The van der Waals surface area contributed by atoms with Crippen LogP contribution in [0.2, 0.25) is 0 Å². The topological polar surface area (TPSA) is 74.5 Å². The highest BCUT2D eigenvalue weighted by Crippen LogP contribution is 2.36. The molecule has 92 valence electrons. The number of nitrogens with zero attached hydrogens (tertiary/aromatic N) is 3. The highest BCUT2D eigenvalue weighted by molar-refractivity contribution is 7.99. The number of hydrogen-bond donors (Lipinski definition) is 1. The highest BCUT2D eigenvalue weighted by atomic mass is 32.2. The average molecular weight is 252 g/mol. The van der Waals surface area contributed by atoms with Gasteiger partial charge in [-0.1, -0.05) is 11.8 Å². The molecule has 0 saturated heterocycles. The van der Waals surface area contributed by atoms with Crippen LogP contribution in [0.4, 0.5) is 0 Å². The fraction of sp³-hybridized carbons (Fsp3) is 0.727. The summed E-state index contributed by atoms with van der Waals surface area (Å²) >= 11 is 1.55. The quantitative estimate of drug-likeness (QED) is 0.813.